The zero-order chi connectivity index (χ0) is 11.4. The molecule has 0 spiro atoms. The summed E-state index contributed by atoms with van der Waals surface area (Å²) in [4.78, 5) is 8.14. The Kier molecular flexibility index (Phi) is 3.53. The van der Waals surface area contributed by atoms with E-state index in [-0.39, 0.29) is 3.42 Å². The molecule has 2 nitrogen and oxygen atoms in total. The molecule has 3 heteroatoms. The third-order valence-electron chi connectivity index (χ3n) is 2.76. The van der Waals surface area contributed by atoms with E-state index >= 15 is 0 Å². The molecule has 16 heavy (non-hydrogen) atoms. The number of halogens is 1. The Labute approximate surface area is 109 Å². The highest BCUT2D eigenvalue weighted by molar-refractivity contribution is 14.1. The number of rotatable bonds is 3. The molecule has 2 rings (SSSR count). The van der Waals surface area contributed by atoms with Gasteiger partial charge in [-0.2, -0.15) is 0 Å². The molecule has 0 unspecified atom stereocenters. The molecule has 2 aromatic rings. The Hall–Kier alpha value is -0.970. The first-order chi connectivity index (χ1) is 7.77. The highest BCUT2D eigenvalue weighted by Crippen LogP contribution is 2.41. The molecule has 0 aliphatic heterocycles. The van der Waals surface area contributed by atoms with Crippen molar-refractivity contribution < 1.29 is 0 Å². The molecular formula is C13H13IN2. The van der Waals surface area contributed by atoms with Crippen LogP contribution in [-0.4, -0.2) is 9.97 Å². The van der Waals surface area contributed by atoms with Crippen molar-refractivity contribution in [3.05, 3.63) is 60.2 Å². The van der Waals surface area contributed by atoms with E-state index < -0.39 is 0 Å². The van der Waals surface area contributed by atoms with Crippen molar-refractivity contribution in [3.8, 4) is 0 Å². The molecule has 0 atom stereocenters. The molecule has 82 valence electrons. The molecule has 0 radical (unpaired) electrons. The lowest BCUT2D eigenvalue weighted by Gasteiger charge is -2.27. The first-order valence-electron chi connectivity index (χ1n) is 5.27. The van der Waals surface area contributed by atoms with Gasteiger partial charge in [0, 0.05) is 24.8 Å². The molecule has 0 amide bonds. The lowest BCUT2D eigenvalue weighted by atomic mass is 9.90. The Bertz CT molecular complexity index is 403. The smallest absolute Gasteiger partial charge is 0.0718 e. The van der Waals surface area contributed by atoms with Gasteiger partial charge < -0.3 is 0 Å². The fourth-order valence-electron chi connectivity index (χ4n) is 1.81. The molecule has 0 fully saturated rings. The number of aromatic nitrogens is 2. The van der Waals surface area contributed by atoms with Gasteiger partial charge in [0.1, 0.15) is 0 Å². The average molecular weight is 324 g/mol. The van der Waals surface area contributed by atoms with Gasteiger partial charge in [-0.05, 0) is 41.8 Å². The maximum absolute atomic E-state index is 4.07. The van der Waals surface area contributed by atoms with Crippen molar-refractivity contribution in [1.82, 2.24) is 9.97 Å². The largest absolute Gasteiger partial charge is 0.265 e. The van der Waals surface area contributed by atoms with E-state index in [1.807, 2.05) is 24.8 Å². The standard InChI is InChI=1S/C13H13IN2/c1-2-13(14,11-3-7-15-8-4-11)12-5-9-16-10-6-12/h3-10H,2H2,1H3. The second-order valence-electron chi connectivity index (χ2n) is 3.63. The molecule has 0 aliphatic carbocycles. The average Bonchev–Trinajstić information content (AvgIpc) is 2.40. The molecule has 0 N–H and O–H groups in total. The SMILES string of the molecule is CCC(I)(c1ccncc1)c1ccncc1. The summed E-state index contributed by atoms with van der Waals surface area (Å²) < 4.78 is 0.0175. The molecule has 2 aromatic heterocycles. The van der Waals surface area contributed by atoms with E-state index in [9.17, 15) is 0 Å². The van der Waals surface area contributed by atoms with E-state index in [1.54, 1.807) is 0 Å². The van der Waals surface area contributed by atoms with Gasteiger partial charge in [-0.3, -0.25) is 9.97 Å². The summed E-state index contributed by atoms with van der Waals surface area (Å²) in [5.41, 5.74) is 2.58. The van der Waals surface area contributed by atoms with Gasteiger partial charge >= 0.3 is 0 Å². The zero-order valence-electron chi connectivity index (χ0n) is 9.10. The van der Waals surface area contributed by atoms with Crippen LogP contribution in [-0.2, 0) is 3.42 Å². The first-order valence-corrected chi connectivity index (χ1v) is 6.35. The monoisotopic (exact) mass is 324 g/mol. The van der Waals surface area contributed by atoms with Gasteiger partial charge in [0.15, 0.2) is 0 Å². The Morgan fingerprint density at radius 3 is 1.62 bits per heavy atom. The summed E-state index contributed by atoms with van der Waals surface area (Å²) in [6.07, 6.45) is 8.43. The zero-order valence-corrected chi connectivity index (χ0v) is 11.3. The predicted molar refractivity (Wildman–Crippen MR) is 73.6 cm³/mol. The van der Waals surface area contributed by atoms with Gasteiger partial charge in [0.25, 0.3) is 0 Å². The second-order valence-corrected chi connectivity index (χ2v) is 5.47. The quantitative estimate of drug-likeness (QED) is 0.637. The maximum Gasteiger partial charge on any atom is 0.0718 e. The van der Waals surface area contributed by atoms with Crippen molar-refractivity contribution in [2.75, 3.05) is 0 Å². The van der Waals surface area contributed by atoms with Crippen LogP contribution in [0.1, 0.15) is 24.5 Å². The predicted octanol–water partition coefficient (Wildman–Crippen LogP) is 3.57. The van der Waals surface area contributed by atoms with Crippen LogP contribution in [0.5, 0.6) is 0 Å². The molecule has 0 saturated heterocycles. The van der Waals surface area contributed by atoms with Crippen molar-refractivity contribution in [2.45, 2.75) is 16.8 Å². The maximum atomic E-state index is 4.07. The highest BCUT2D eigenvalue weighted by Gasteiger charge is 2.28. The normalized spacial score (nSPS) is 11.4. The number of hydrogen-bond donors (Lipinski definition) is 0. The van der Waals surface area contributed by atoms with Crippen molar-refractivity contribution >= 4 is 22.6 Å². The van der Waals surface area contributed by atoms with Gasteiger partial charge in [-0.15, -0.1) is 0 Å². The summed E-state index contributed by atoms with van der Waals surface area (Å²) in [5.74, 6) is 0. The minimum atomic E-state index is 0.0175. The van der Waals surface area contributed by atoms with Crippen LogP contribution >= 0.6 is 22.6 Å². The van der Waals surface area contributed by atoms with Crippen LogP contribution in [0.3, 0.4) is 0 Å². The molecular weight excluding hydrogens is 311 g/mol. The molecule has 0 saturated carbocycles. The van der Waals surface area contributed by atoms with Crippen LogP contribution in [0.2, 0.25) is 0 Å². The van der Waals surface area contributed by atoms with Crippen LogP contribution in [0.4, 0.5) is 0 Å². The van der Waals surface area contributed by atoms with Gasteiger partial charge in [0.2, 0.25) is 0 Å². The third kappa shape index (κ3) is 2.09. The van der Waals surface area contributed by atoms with Crippen LogP contribution in [0, 0.1) is 0 Å². The van der Waals surface area contributed by atoms with Gasteiger partial charge in [0.05, 0.1) is 3.42 Å². The number of pyridine rings is 2. The molecule has 2 heterocycles. The molecule has 0 aromatic carbocycles. The Morgan fingerprint density at radius 1 is 0.938 bits per heavy atom. The Morgan fingerprint density at radius 2 is 1.31 bits per heavy atom. The lowest BCUT2D eigenvalue weighted by Crippen LogP contribution is -2.18. The van der Waals surface area contributed by atoms with Crippen molar-refractivity contribution in [1.29, 1.82) is 0 Å². The minimum absolute atomic E-state index is 0.0175. The number of hydrogen-bond acceptors (Lipinski definition) is 2. The van der Waals surface area contributed by atoms with Gasteiger partial charge in [-0.25, -0.2) is 0 Å². The van der Waals surface area contributed by atoms with Crippen molar-refractivity contribution in [3.63, 3.8) is 0 Å². The van der Waals surface area contributed by atoms with E-state index in [1.165, 1.54) is 11.1 Å². The highest BCUT2D eigenvalue weighted by atomic mass is 127. The van der Waals surface area contributed by atoms with Crippen molar-refractivity contribution in [2.24, 2.45) is 0 Å². The molecule has 0 bridgehead atoms. The Balaban J connectivity index is 2.49. The number of alkyl halides is 1. The van der Waals surface area contributed by atoms with Crippen LogP contribution in [0.15, 0.2) is 49.1 Å². The first kappa shape index (κ1) is 11.5. The number of nitrogens with zero attached hydrogens (tertiary/aromatic N) is 2. The molecule has 0 aliphatic rings. The second kappa shape index (κ2) is 4.91. The lowest BCUT2D eigenvalue weighted by molar-refractivity contribution is 0.742. The van der Waals surface area contributed by atoms with E-state index in [0.717, 1.165) is 6.42 Å². The van der Waals surface area contributed by atoms with Crippen LogP contribution < -0.4 is 0 Å². The van der Waals surface area contributed by atoms with Gasteiger partial charge in [-0.1, -0.05) is 29.5 Å². The van der Waals surface area contributed by atoms with E-state index in [0.29, 0.717) is 0 Å². The summed E-state index contributed by atoms with van der Waals surface area (Å²) in [6, 6.07) is 8.32. The summed E-state index contributed by atoms with van der Waals surface area (Å²) >= 11 is 2.51. The summed E-state index contributed by atoms with van der Waals surface area (Å²) in [6.45, 7) is 2.20. The fraction of sp³-hybridized carbons (Fsp3) is 0.231. The fourth-order valence-corrected chi connectivity index (χ4v) is 2.53. The van der Waals surface area contributed by atoms with E-state index in [4.69, 9.17) is 0 Å². The third-order valence-corrected chi connectivity index (χ3v) is 4.77. The van der Waals surface area contributed by atoms with Crippen LogP contribution in [0.25, 0.3) is 0 Å². The minimum Gasteiger partial charge on any atom is -0.265 e. The topological polar surface area (TPSA) is 25.8 Å². The summed E-state index contributed by atoms with van der Waals surface area (Å²) in [5, 5.41) is 0. The summed E-state index contributed by atoms with van der Waals surface area (Å²) in [7, 11) is 0. The van der Waals surface area contributed by atoms with E-state index in [2.05, 4.69) is 63.7 Å².